The Morgan fingerprint density at radius 1 is 1.32 bits per heavy atom. The Bertz CT molecular complexity index is 428. The third-order valence-corrected chi connectivity index (χ3v) is 2.20. The molecular formula is C11H17ClN4O3. The van der Waals surface area contributed by atoms with Gasteiger partial charge in [-0.2, -0.15) is 0 Å². The predicted molar refractivity (Wildman–Crippen MR) is 75.8 cm³/mol. The molecule has 0 aliphatic rings. The first kappa shape index (κ1) is 17.1. The number of halogens is 1. The molecule has 106 valence electrons. The van der Waals surface area contributed by atoms with Gasteiger partial charge < -0.3 is 16.0 Å². The number of para-hydroxylation sites is 2. The number of likely N-dealkylation sites (N-methyl/N-ethyl adjacent to an activating group) is 1. The van der Waals surface area contributed by atoms with E-state index >= 15 is 0 Å². The van der Waals surface area contributed by atoms with Gasteiger partial charge in [0.2, 0.25) is 5.91 Å². The lowest BCUT2D eigenvalue weighted by Crippen LogP contribution is -2.35. The Balaban J connectivity index is 0.00000324. The van der Waals surface area contributed by atoms with Crippen LogP contribution in [0.15, 0.2) is 24.3 Å². The molecule has 7 nitrogen and oxygen atoms in total. The Hall–Kier alpha value is -1.86. The van der Waals surface area contributed by atoms with Gasteiger partial charge in [0.15, 0.2) is 0 Å². The lowest BCUT2D eigenvalue weighted by Gasteiger charge is -2.08. The molecule has 19 heavy (non-hydrogen) atoms. The van der Waals surface area contributed by atoms with Gasteiger partial charge in [-0.15, -0.1) is 12.4 Å². The van der Waals surface area contributed by atoms with Gasteiger partial charge in [0.25, 0.3) is 5.69 Å². The molecule has 0 spiro atoms. The van der Waals surface area contributed by atoms with E-state index < -0.39 is 4.92 Å². The van der Waals surface area contributed by atoms with Gasteiger partial charge >= 0.3 is 0 Å². The fraction of sp³-hybridized carbons (Fsp3) is 0.364. The third kappa shape index (κ3) is 6.03. The topological polar surface area (TPSA) is 96.3 Å². The Morgan fingerprint density at radius 3 is 2.63 bits per heavy atom. The predicted octanol–water partition coefficient (Wildman–Crippen LogP) is 0.764. The lowest BCUT2D eigenvalue weighted by atomic mass is 10.2. The maximum atomic E-state index is 11.1. The second-order valence-corrected chi connectivity index (χ2v) is 3.58. The molecule has 0 aliphatic carbocycles. The number of nitrogens with zero attached hydrogens (tertiary/aromatic N) is 1. The number of carbonyl (C=O) groups is 1. The van der Waals surface area contributed by atoms with Crippen molar-refractivity contribution in [1.29, 1.82) is 0 Å². The number of nitro groups is 1. The van der Waals surface area contributed by atoms with E-state index in [0.717, 1.165) is 0 Å². The molecule has 0 heterocycles. The molecule has 0 saturated heterocycles. The molecule has 0 saturated carbocycles. The minimum atomic E-state index is -0.443. The molecule has 0 radical (unpaired) electrons. The Morgan fingerprint density at radius 2 is 2.00 bits per heavy atom. The first-order valence-electron chi connectivity index (χ1n) is 5.53. The minimum absolute atomic E-state index is 0. The van der Waals surface area contributed by atoms with E-state index in [1.54, 1.807) is 25.2 Å². The second kappa shape index (κ2) is 9.12. The van der Waals surface area contributed by atoms with E-state index in [1.807, 2.05) is 0 Å². The minimum Gasteiger partial charge on any atom is -0.378 e. The van der Waals surface area contributed by atoms with Gasteiger partial charge in [-0.3, -0.25) is 14.9 Å². The first-order chi connectivity index (χ1) is 8.65. The van der Waals surface area contributed by atoms with Crippen molar-refractivity contribution >= 4 is 29.7 Å². The number of nitro benzene ring substituents is 1. The number of carbonyl (C=O) groups excluding carboxylic acids is 1. The summed E-state index contributed by atoms with van der Waals surface area (Å²) in [5.74, 6) is -0.109. The van der Waals surface area contributed by atoms with Crippen LogP contribution in [-0.4, -0.2) is 37.5 Å². The van der Waals surface area contributed by atoms with Crippen molar-refractivity contribution in [2.45, 2.75) is 0 Å². The highest BCUT2D eigenvalue weighted by Crippen LogP contribution is 2.22. The van der Waals surface area contributed by atoms with Crippen LogP contribution >= 0.6 is 12.4 Å². The highest BCUT2D eigenvalue weighted by molar-refractivity contribution is 5.85. The van der Waals surface area contributed by atoms with Crippen LogP contribution in [0, 0.1) is 10.1 Å². The van der Waals surface area contributed by atoms with E-state index in [9.17, 15) is 14.9 Å². The van der Waals surface area contributed by atoms with Crippen molar-refractivity contribution in [1.82, 2.24) is 10.6 Å². The molecule has 0 aromatic heterocycles. The van der Waals surface area contributed by atoms with Crippen LogP contribution < -0.4 is 16.0 Å². The zero-order valence-corrected chi connectivity index (χ0v) is 11.3. The zero-order valence-electron chi connectivity index (χ0n) is 10.5. The number of hydrogen-bond acceptors (Lipinski definition) is 5. The van der Waals surface area contributed by atoms with Gasteiger partial charge in [-0.1, -0.05) is 12.1 Å². The highest BCUT2D eigenvalue weighted by Gasteiger charge is 2.11. The summed E-state index contributed by atoms with van der Waals surface area (Å²) < 4.78 is 0. The van der Waals surface area contributed by atoms with Crippen molar-refractivity contribution in [3.63, 3.8) is 0 Å². The van der Waals surface area contributed by atoms with E-state index in [4.69, 9.17) is 0 Å². The van der Waals surface area contributed by atoms with Crippen molar-refractivity contribution < 1.29 is 9.72 Å². The summed E-state index contributed by atoms with van der Waals surface area (Å²) in [4.78, 5) is 21.4. The van der Waals surface area contributed by atoms with Gasteiger partial charge in [0.1, 0.15) is 5.69 Å². The average molecular weight is 289 g/mol. The summed E-state index contributed by atoms with van der Waals surface area (Å²) in [5, 5.41) is 19.0. The fourth-order valence-corrected chi connectivity index (χ4v) is 1.40. The standard InChI is InChI=1S/C11H16N4O3.ClH/c1-12-8-11(16)14-7-6-13-9-4-2-3-5-10(9)15(17)18;/h2-5,12-13H,6-8H2,1H3,(H,14,16);1H. The van der Waals surface area contributed by atoms with Crippen molar-refractivity contribution in [3.8, 4) is 0 Å². The maximum absolute atomic E-state index is 11.1. The number of benzene rings is 1. The van der Waals surface area contributed by atoms with Crippen LogP contribution in [0.1, 0.15) is 0 Å². The van der Waals surface area contributed by atoms with Crippen LogP contribution in [0.4, 0.5) is 11.4 Å². The van der Waals surface area contributed by atoms with Gasteiger partial charge in [-0.05, 0) is 13.1 Å². The Labute approximate surface area is 117 Å². The van der Waals surface area contributed by atoms with E-state index in [0.29, 0.717) is 18.8 Å². The first-order valence-corrected chi connectivity index (χ1v) is 5.53. The van der Waals surface area contributed by atoms with E-state index in [2.05, 4.69) is 16.0 Å². The monoisotopic (exact) mass is 288 g/mol. The fourth-order valence-electron chi connectivity index (χ4n) is 1.40. The van der Waals surface area contributed by atoms with Crippen LogP contribution in [0.25, 0.3) is 0 Å². The summed E-state index contributed by atoms with van der Waals surface area (Å²) in [6.45, 7) is 1.10. The smallest absolute Gasteiger partial charge is 0.292 e. The summed E-state index contributed by atoms with van der Waals surface area (Å²) in [5.41, 5.74) is 0.476. The molecule has 8 heteroatoms. The van der Waals surface area contributed by atoms with Crippen LogP contribution in [0.2, 0.25) is 0 Å². The molecular weight excluding hydrogens is 272 g/mol. The summed E-state index contributed by atoms with van der Waals surface area (Å²) in [6, 6.07) is 6.39. The van der Waals surface area contributed by atoms with E-state index in [1.165, 1.54) is 6.07 Å². The number of hydrogen-bond donors (Lipinski definition) is 3. The quantitative estimate of drug-likeness (QED) is 0.391. The second-order valence-electron chi connectivity index (χ2n) is 3.58. The van der Waals surface area contributed by atoms with Crippen molar-refractivity contribution in [2.75, 3.05) is 32.0 Å². The molecule has 1 rings (SSSR count). The average Bonchev–Trinajstić information content (AvgIpc) is 2.35. The number of amides is 1. The van der Waals surface area contributed by atoms with Crippen LogP contribution in [0.5, 0.6) is 0 Å². The van der Waals surface area contributed by atoms with Gasteiger partial charge in [-0.25, -0.2) is 0 Å². The Kier molecular flexibility index (Phi) is 8.23. The van der Waals surface area contributed by atoms with Crippen molar-refractivity contribution in [2.24, 2.45) is 0 Å². The van der Waals surface area contributed by atoms with E-state index in [-0.39, 0.29) is 30.5 Å². The molecule has 1 aromatic carbocycles. The van der Waals surface area contributed by atoms with Crippen molar-refractivity contribution in [3.05, 3.63) is 34.4 Å². The maximum Gasteiger partial charge on any atom is 0.292 e. The largest absolute Gasteiger partial charge is 0.378 e. The molecule has 1 amide bonds. The number of nitrogens with one attached hydrogen (secondary N) is 3. The van der Waals surface area contributed by atoms with Gasteiger partial charge in [0, 0.05) is 19.2 Å². The van der Waals surface area contributed by atoms with Crippen LogP contribution in [0.3, 0.4) is 0 Å². The SMILES string of the molecule is CNCC(=O)NCCNc1ccccc1[N+](=O)[O-].Cl. The molecule has 0 fully saturated rings. The summed E-state index contributed by atoms with van der Waals surface area (Å²) >= 11 is 0. The molecule has 0 bridgehead atoms. The zero-order chi connectivity index (χ0) is 13.4. The molecule has 0 unspecified atom stereocenters. The summed E-state index contributed by atoms with van der Waals surface area (Å²) in [7, 11) is 1.69. The van der Waals surface area contributed by atoms with Gasteiger partial charge in [0.05, 0.1) is 11.5 Å². The molecule has 3 N–H and O–H groups in total. The molecule has 0 atom stereocenters. The normalized spacial score (nSPS) is 9.32. The van der Waals surface area contributed by atoms with Crippen LogP contribution in [-0.2, 0) is 4.79 Å². The lowest BCUT2D eigenvalue weighted by molar-refractivity contribution is -0.384. The summed E-state index contributed by atoms with van der Waals surface area (Å²) in [6.07, 6.45) is 0. The third-order valence-electron chi connectivity index (χ3n) is 2.20. The number of rotatable bonds is 7. The highest BCUT2D eigenvalue weighted by atomic mass is 35.5. The molecule has 1 aromatic rings. The number of anilines is 1. The molecule has 0 aliphatic heterocycles.